The summed E-state index contributed by atoms with van der Waals surface area (Å²) in [5, 5.41) is 0.684. The van der Waals surface area contributed by atoms with E-state index in [-0.39, 0.29) is 11.4 Å². The number of hydrogen-bond donors (Lipinski definition) is 2. The molecule has 0 aliphatic heterocycles. The number of nitrogens with two attached hydrogens (primary N) is 1. The highest BCUT2D eigenvalue weighted by molar-refractivity contribution is 7.89. The Morgan fingerprint density at radius 2 is 1.22 bits per heavy atom. The third-order valence-corrected chi connectivity index (χ3v) is 7.90. The van der Waals surface area contributed by atoms with Crippen LogP contribution >= 0.6 is 11.6 Å². The monoisotopic (exact) mass is 524 g/mol. The third kappa shape index (κ3) is 5.59. The predicted molar refractivity (Wildman–Crippen MR) is 153 cm³/mol. The number of rotatable bonds is 7. The molecule has 4 nitrogen and oxygen atoms in total. The molecule has 0 heterocycles. The van der Waals surface area contributed by atoms with Gasteiger partial charge in [-0.1, -0.05) is 103 Å². The molecule has 0 saturated carbocycles. The van der Waals surface area contributed by atoms with Gasteiger partial charge >= 0.3 is 0 Å². The van der Waals surface area contributed by atoms with E-state index >= 15 is 0 Å². The van der Waals surface area contributed by atoms with Gasteiger partial charge in [0, 0.05) is 22.8 Å². The first-order valence-electron chi connectivity index (χ1n) is 11.8. The number of anilines is 1. The lowest BCUT2D eigenvalue weighted by molar-refractivity contribution is 0.581. The summed E-state index contributed by atoms with van der Waals surface area (Å²) in [6.45, 7) is 0.160. The van der Waals surface area contributed by atoms with Crippen molar-refractivity contribution >= 4 is 27.3 Å². The van der Waals surface area contributed by atoms with Gasteiger partial charge in [0.15, 0.2) is 0 Å². The number of sulfonamides is 1. The molecule has 0 saturated heterocycles. The van der Waals surface area contributed by atoms with Crippen LogP contribution in [-0.2, 0) is 16.6 Å². The number of halogens is 1. The molecule has 0 aromatic heterocycles. The van der Waals surface area contributed by atoms with E-state index in [1.807, 2.05) is 103 Å². The number of nitrogen functional groups attached to an aromatic ring is 1. The van der Waals surface area contributed by atoms with Crippen molar-refractivity contribution in [1.82, 2.24) is 4.72 Å². The van der Waals surface area contributed by atoms with Gasteiger partial charge in [-0.15, -0.1) is 0 Å². The molecule has 0 unspecified atom stereocenters. The first kappa shape index (κ1) is 24.8. The van der Waals surface area contributed by atoms with Crippen molar-refractivity contribution in [1.29, 1.82) is 0 Å². The minimum Gasteiger partial charge on any atom is -0.399 e. The van der Waals surface area contributed by atoms with Crippen LogP contribution < -0.4 is 10.5 Å². The van der Waals surface area contributed by atoms with Gasteiger partial charge in [0.1, 0.15) is 0 Å². The maximum atomic E-state index is 13.5. The Morgan fingerprint density at radius 3 is 1.89 bits per heavy atom. The molecule has 3 N–H and O–H groups in total. The Labute approximate surface area is 222 Å². The summed E-state index contributed by atoms with van der Waals surface area (Å²) in [5.74, 6) is 0. The zero-order valence-corrected chi connectivity index (χ0v) is 21.5. The lowest BCUT2D eigenvalue weighted by Gasteiger charge is -2.16. The van der Waals surface area contributed by atoms with Crippen LogP contribution in [0.1, 0.15) is 5.56 Å². The topological polar surface area (TPSA) is 72.2 Å². The second-order valence-corrected chi connectivity index (χ2v) is 10.9. The number of benzene rings is 5. The van der Waals surface area contributed by atoms with E-state index in [1.54, 1.807) is 18.2 Å². The molecule has 0 fully saturated rings. The summed E-state index contributed by atoms with van der Waals surface area (Å²) in [6.07, 6.45) is 0. The van der Waals surface area contributed by atoms with Crippen LogP contribution in [-0.4, -0.2) is 8.42 Å². The largest absolute Gasteiger partial charge is 0.399 e. The highest BCUT2D eigenvalue weighted by Gasteiger charge is 2.21. The number of nitrogens with one attached hydrogen (secondary N) is 1. The van der Waals surface area contributed by atoms with Crippen LogP contribution in [0.4, 0.5) is 5.69 Å². The van der Waals surface area contributed by atoms with Crippen molar-refractivity contribution in [2.45, 2.75) is 11.4 Å². The molecule has 0 radical (unpaired) electrons. The third-order valence-electron chi connectivity index (χ3n) is 6.19. The molecule has 184 valence electrons. The molecule has 0 bridgehead atoms. The van der Waals surface area contributed by atoms with Gasteiger partial charge in [-0.05, 0) is 63.7 Å². The van der Waals surface area contributed by atoms with Gasteiger partial charge in [0.2, 0.25) is 10.0 Å². The van der Waals surface area contributed by atoms with Crippen molar-refractivity contribution in [2.75, 3.05) is 5.73 Å². The van der Waals surface area contributed by atoms with Gasteiger partial charge in [-0.25, -0.2) is 13.1 Å². The lowest BCUT2D eigenvalue weighted by Crippen LogP contribution is -2.24. The molecule has 0 atom stereocenters. The highest BCUT2D eigenvalue weighted by atomic mass is 35.5. The predicted octanol–water partition coefficient (Wildman–Crippen LogP) is 7.40. The van der Waals surface area contributed by atoms with Gasteiger partial charge in [0.05, 0.1) is 4.90 Å². The van der Waals surface area contributed by atoms with Gasteiger partial charge < -0.3 is 5.73 Å². The number of hydrogen-bond acceptors (Lipinski definition) is 3. The Bertz CT molecular complexity index is 1630. The molecule has 5 aromatic carbocycles. The summed E-state index contributed by atoms with van der Waals surface area (Å²) in [5.41, 5.74) is 12.8. The summed E-state index contributed by atoms with van der Waals surface area (Å²) in [4.78, 5) is 0.183. The first-order chi connectivity index (χ1) is 17.9. The minimum absolute atomic E-state index is 0.160. The molecule has 37 heavy (non-hydrogen) atoms. The molecule has 0 spiro atoms. The zero-order valence-electron chi connectivity index (χ0n) is 19.9. The van der Waals surface area contributed by atoms with Crippen molar-refractivity contribution in [3.8, 4) is 33.4 Å². The lowest BCUT2D eigenvalue weighted by atomic mass is 9.94. The van der Waals surface area contributed by atoms with Gasteiger partial charge in [-0.2, -0.15) is 0 Å². The van der Waals surface area contributed by atoms with Crippen molar-refractivity contribution in [3.05, 3.63) is 132 Å². The van der Waals surface area contributed by atoms with Crippen molar-refractivity contribution < 1.29 is 8.42 Å². The standard InChI is InChI=1S/C31H25ClN2O2S/c32-26-16-14-24(15-17-26)23-12-10-22(11-13-23)21-34-37(35,36)31-19-18-27(33)20-30(31)29-9-5-4-8-28(29)25-6-2-1-3-7-25/h1-20,34H,21,33H2. The average Bonchev–Trinajstić information content (AvgIpc) is 2.93. The zero-order chi connectivity index (χ0) is 25.8. The normalized spacial score (nSPS) is 11.4. The highest BCUT2D eigenvalue weighted by Crippen LogP contribution is 2.36. The quantitative estimate of drug-likeness (QED) is 0.218. The molecule has 0 amide bonds. The molecule has 0 aliphatic rings. The van der Waals surface area contributed by atoms with Crippen LogP contribution in [0.15, 0.2) is 126 Å². The second kappa shape index (κ2) is 10.6. The van der Waals surface area contributed by atoms with E-state index in [1.165, 1.54) is 0 Å². The summed E-state index contributed by atoms with van der Waals surface area (Å²) in [6, 6.07) is 37.9. The van der Waals surface area contributed by atoms with Crippen LogP contribution in [0.5, 0.6) is 0 Å². The van der Waals surface area contributed by atoms with E-state index < -0.39 is 10.0 Å². The van der Waals surface area contributed by atoms with Crippen LogP contribution in [0, 0.1) is 0 Å². The van der Waals surface area contributed by atoms with Crippen molar-refractivity contribution in [3.63, 3.8) is 0 Å². The Hall–Kier alpha value is -3.90. The maximum absolute atomic E-state index is 13.5. The van der Waals surface area contributed by atoms with E-state index in [4.69, 9.17) is 17.3 Å². The average molecular weight is 525 g/mol. The van der Waals surface area contributed by atoms with E-state index in [9.17, 15) is 8.42 Å². The van der Waals surface area contributed by atoms with Crippen LogP contribution in [0.3, 0.4) is 0 Å². The fourth-order valence-corrected chi connectivity index (χ4v) is 5.64. The Kier molecular flexibility index (Phi) is 7.10. The molecule has 6 heteroatoms. The molecular weight excluding hydrogens is 500 g/mol. The van der Waals surface area contributed by atoms with Crippen molar-refractivity contribution in [2.24, 2.45) is 0 Å². The molecular formula is C31H25ClN2O2S. The van der Waals surface area contributed by atoms with E-state index in [0.29, 0.717) is 16.3 Å². The van der Waals surface area contributed by atoms with Crippen LogP contribution in [0.2, 0.25) is 5.02 Å². The fourth-order valence-electron chi connectivity index (χ4n) is 4.29. The van der Waals surface area contributed by atoms with Gasteiger partial charge in [-0.3, -0.25) is 0 Å². The maximum Gasteiger partial charge on any atom is 0.241 e. The van der Waals surface area contributed by atoms with Gasteiger partial charge in [0.25, 0.3) is 0 Å². The fraction of sp³-hybridized carbons (Fsp3) is 0.0323. The van der Waals surface area contributed by atoms with E-state index in [0.717, 1.165) is 33.4 Å². The SMILES string of the molecule is Nc1ccc(S(=O)(=O)NCc2ccc(-c3ccc(Cl)cc3)cc2)c(-c2ccccc2-c2ccccc2)c1. The van der Waals surface area contributed by atoms with Crippen LogP contribution in [0.25, 0.3) is 33.4 Å². The molecule has 5 aromatic rings. The molecule has 5 rings (SSSR count). The van der Waals surface area contributed by atoms with E-state index in [2.05, 4.69) is 4.72 Å². The summed E-state index contributed by atoms with van der Waals surface area (Å²) in [7, 11) is -3.84. The minimum atomic E-state index is -3.84. The summed E-state index contributed by atoms with van der Waals surface area (Å²) >= 11 is 5.99. The first-order valence-corrected chi connectivity index (χ1v) is 13.7. The smallest absolute Gasteiger partial charge is 0.241 e. The Balaban J connectivity index is 1.43. The summed E-state index contributed by atoms with van der Waals surface area (Å²) < 4.78 is 29.8. The molecule has 0 aliphatic carbocycles. The second-order valence-electron chi connectivity index (χ2n) is 8.70. The Morgan fingerprint density at radius 1 is 0.622 bits per heavy atom.